The summed E-state index contributed by atoms with van der Waals surface area (Å²) in [4.78, 5) is 11.9. The van der Waals surface area contributed by atoms with E-state index in [0.29, 0.717) is 12.2 Å². The zero-order valence-corrected chi connectivity index (χ0v) is 14.4. The highest BCUT2D eigenvalue weighted by Crippen LogP contribution is 2.25. The molecule has 0 atom stereocenters. The molecule has 0 spiro atoms. The van der Waals surface area contributed by atoms with Crippen LogP contribution in [0.5, 0.6) is 0 Å². The highest BCUT2D eigenvalue weighted by Gasteiger charge is 2.07. The van der Waals surface area contributed by atoms with Crippen molar-refractivity contribution >= 4 is 5.97 Å². The Labute approximate surface area is 149 Å². The molecule has 0 amide bonds. The number of carbonyl (C=O) groups excluding carboxylic acids is 1. The fourth-order valence-electron chi connectivity index (χ4n) is 2.68. The van der Waals surface area contributed by atoms with Gasteiger partial charge in [0.1, 0.15) is 0 Å². The molecule has 0 aliphatic heterocycles. The van der Waals surface area contributed by atoms with Crippen LogP contribution in [0.2, 0.25) is 0 Å². The fourth-order valence-corrected chi connectivity index (χ4v) is 2.68. The highest BCUT2D eigenvalue weighted by molar-refractivity contribution is 5.90. The van der Waals surface area contributed by atoms with Gasteiger partial charge in [-0.1, -0.05) is 80.1 Å². The minimum atomic E-state index is -0.251. The molecule has 0 saturated heterocycles. The molecule has 25 heavy (non-hydrogen) atoms. The molecule has 126 valence electrons. The molecule has 0 bridgehead atoms. The monoisotopic (exact) mass is 330 g/mol. The summed E-state index contributed by atoms with van der Waals surface area (Å²) >= 11 is 0. The van der Waals surface area contributed by atoms with Crippen molar-refractivity contribution in [1.29, 1.82) is 0 Å². The second kappa shape index (κ2) is 8.29. The normalized spacial score (nSPS) is 10.4. The number of esters is 1. The molecule has 3 rings (SSSR count). The molecule has 2 heteroatoms. The standard InChI is InChI=1S/C23H22O2/c1-2-3-17-25-23(24)22-15-13-21(14-16-22)20-11-9-19(10-12-20)18-7-5-4-6-8-18/h4-16H,2-3,17H2,1H3. The highest BCUT2D eigenvalue weighted by atomic mass is 16.5. The lowest BCUT2D eigenvalue weighted by Gasteiger charge is -2.07. The summed E-state index contributed by atoms with van der Waals surface area (Å²) in [6.07, 6.45) is 1.92. The first kappa shape index (κ1) is 17.0. The van der Waals surface area contributed by atoms with Gasteiger partial charge in [-0.05, 0) is 40.8 Å². The molecule has 0 aromatic heterocycles. The van der Waals surface area contributed by atoms with Gasteiger partial charge in [-0.25, -0.2) is 4.79 Å². The van der Waals surface area contributed by atoms with Crippen LogP contribution in [0.1, 0.15) is 30.1 Å². The topological polar surface area (TPSA) is 26.3 Å². The number of unbranched alkanes of at least 4 members (excludes halogenated alkanes) is 1. The fraction of sp³-hybridized carbons (Fsp3) is 0.174. The number of hydrogen-bond donors (Lipinski definition) is 0. The van der Waals surface area contributed by atoms with Crippen molar-refractivity contribution in [2.75, 3.05) is 6.61 Å². The van der Waals surface area contributed by atoms with Crippen LogP contribution in [0, 0.1) is 0 Å². The minimum absolute atomic E-state index is 0.251. The van der Waals surface area contributed by atoms with Crippen LogP contribution >= 0.6 is 0 Å². The van der Waals surface area contributed by atoms with Gasteiger partial charge in [0.05, 0.1) is 12.2 Å². The average molecular weight is 330 g/mol. The molecular formula is C23H22O2. The Morgan fingerprint density at radius 1 is 0.720 bits per heavy atom. The Kier molecular flexibility index (Phi) is 5.63. The minimum Gasteiger partial charge on any atom is -0.462 e. The third-order valence-electron chi connectivity index (χ3n) is 4.18. The smallest absolute Gasteiger partial charge is 0.338 e. The van der Waals surface area contributed by atoms with E-state index >= 15 is 0 Å². The second-order valence-electron chi connectivity index (χ2n) is 6.01. The second-order valence-corrected chi connectivity index (χ2v) is 6.01. The van der Waals surface area contributed by atoms with Crippen LogP contribution in [0.25, 0.3) is 22.3 Å². The molecule has 0 N–H and O–H groups in total. The number of rotatable bonds is 6. The lowest BCUT2D eigenvalue weighted by molar-refractivity contribution is 0.0500. The van der Waals surface area contributed by atoms with Crippen molar-refractivity contribution in [2.24, 2.45) is 0 Å². The number of benzene rings is 3. The summed E-state index contributed by atoms with van der Waals surface area (Å²) in [7, 11) is 0. The van der Waals surface area contributed by atoms with E-state index < -0.39 is 0 Å². The number of ether oxygens (including phenoxy) is 1. The SMILES string of the molecule is CCCCOC(=O)c1ccc(-c2ccc(-c3ccccc3)cc2)cc1. The van der Waals surface area contributed by atoms with Crippen LogP contribution in [0.15, 0.2) is 78.9 Å². The van der Waals surface area contributed by atoms with Crippen molar-refractivity contribution in [1.82, 2.24) is 0 Å². The number of hydrogen-bond acceptors (Lipinski definition) is 2. The first-order valence-corrected chi connectivity index (χ1v) is 8.71. The van der Waals surface area contributed by atoms with Crippen molar-refractivity contribution in [3.63, 3.8) is 0 Å². The van der Waals surface area contributed by atoms with Crippen LogP contribution < -0.4 is 0 Å². The van der Waals surface area contributed by atoms with Gasteiger partial charge in [-0.15, -0.1) is 0 Å². The largest absolute Gasteiger partial charge is 0.462 e. The van der Waals surface area contributed by atoms with E-state index in [1.54, 1.807) is 0 Å². The molecule has 0 unspecified atom stereocenters. The zero-order valence-electron chi connectivity index (χ0n) is 14.4. The van der Waals surface area contributed by atoms with Crippen molar-refractivity contribution in [3.05, 3.63) is 84.4 Å². The maximum absolute atomic E-state index is 11.9. The first-order chi connectivity index (χ1) is 12.3. The summed E-state index contributed by atoms with van der Waals surface area (Å²) < 4.78 is 5.24. The third-order valence-corrected chi connectivity index (χ3v) is 4.18. The zero-order chi connectivity index (χ0) is 17.5. The lowest BCUT2D eigenvalue weighted by atomic mass is 10.00. The van der Waals surface area contributed by atoms with E-state index in [1.807, 2.05) is 42.5 Å². The van der Waals surface area contributed by atoms with E-state index in [4.69, 9.17) is 4.74 Å². The molecule has 2 nitrogen and oxygen atoms in total. The van der Waals surface area contributed by atoms with Crippen LogP contribution in [-0.2, 0) is 4.74 Å². The lowest BCUT2D eigenvalue weighted by Crippen LogP contribution is -2.06. The third kappa shape index (κ3) is 4.36. The van der Waals surface area contributed by atoms with Crippen LogP contribution in [0.4, 0.5) is 0 Å². The Morgan fingerprint density at radius 3 is 1.72 bits per heavy atom. The Hall–Kier alpha value is -2.87. The summed E-state index contributed by atoms with van der Waals surface area (Å²) in [5, 5.41) is 0. The molecule has 3 aromatic rings. The van der Waals surface area contributed by atoms with Gasteiger partial charge in [0.2, 0.25) is 0 Å². The molecule has 0 aliphatic rings. The van der Waals surface area contributed by atoms with Gasteiger partial charge in [0, 0.05) is 0 Å². The van der Waals surface area contributed by atoms with Crippen LogP contribution in [0.3, 0.4) is 0 Å². The summed E-state index contributed by atoms with van der Waals surface area (Å²) in [6.45, 7) is 2.56. The van der Waals surface area contributed by atoms with E-state index in [9.17, 15) is 4.79 Å². The Balaban J connectivity index is 1.71. The van der Waals surface area contributed by atoms with Gasteiger partial charge in [0.15, 0.2) is 0 Å². The molecule has 0 fully saturated rings. The first-order valence-electron chi connectivity index (χ1n) is 8.71. The van der Waals surface area contributed by atoms with E-state index in [0.717, 1.165) is 24.0 Å². The number of carbonyl (C=O) groups is 1. The van der Waals surface area contributed by atoms with Gasteiger partial charge >= 0.3 is 5.97 Å². The van der Waals surface area contributed by atoms with Crippen LogP contribution in [-0.4, -0.2) is 12.6 Å². The molecular weight excluding hydrogens is 308 g/mol. The molecule has 3 aromatic carbocycles. The summed E-state index contributed by atoms with van der Waals surface area (Å²) in [5.41, 5.74) is 5.22. The Morgan fingerprint density at radius 2 is 1.20 bits per heavy atom. The summed E-state index contributed by atoms with van der Waals surface area (Å²) in [5.74, 6) is -0.251. The molecule has 0 saturated carbocycles. The van der Waals surface area contributed by atoms with Crippen molar-refractivity contribution < 1.29 is 9.53 Å². The van der Waals surface area contributed by atoms with Gasteiger partial charge in [0.25, 0.3) is 0 Å². The maximum Gasteiger partial charge on any atom is 0.338 e. The predicted molar refractivity (Wildman–Crippen MR) is 103 cm³/mol. The quantitative estimate of drug-likeness (QED) is 0.410. The van der Waals surface area contributed by atoms with E-state index in [1.165, 1.54) is 11.1 Å². The van der Waals surface area contributed by atoms with Gasteiger partial charge in [-0.2, -0.15) is 0 Å². The van der Waals surface area contributed by atoms with Crippen molar-refractivity contribution in [3.8, 4) is 22.3 Å². The van der Waals surface area contributed by atoms with E-state index in [2.05, 4.69) is 43.3 Å². The predicted octanol–water partition coefficient (Wildman–Crippen LogP) is 5.98. The average Bonchev–Trinajstić information content (AvgIpc) is 2.69. The molecule has 0 heterocycles. The Bertz CT molecular complexity index is 803. The molecule has 0 radical (unpaired) electrons. The maximum atomic E-state index is 11.9. The van der Waals surface area contributed by atoms with E-state index in [-0.39, 0.29) is 5.97 Å². The van der Waals surface area contributed by atoms with Gasteiger partial charge < -0.3 is 4.74 Å². The molecule has 0 aliphatic carbocycles. The van der Waals surface area contributed by atoms with Gasteiger partial charge in [-0.3, -0.25) is 0 Å². The van der Waals surface area contributed by atoms with Crippen molar-refractivity contribution in [2.45, 2.75) is 19.8 Å². The summed E-state index contributed by atoms with van der Waals surface area (Å²) in [6, 6.07) is 26.4.